The number of rotatable bonds is 3. The van der Waals surface area contributed by atoms with Gasteiger partial charge in [-0.1, -0.05) is 0 Å². The minimum absolute atomic E-state index is 0.521. The molecule has 5 nitrogen and oxygen atoms in total. The maximum atomic E-state index is 5.67. The van der Waals surface area contributed by atoms with E-state index < -0.39 is 0 Å². The number of hydrogen-bond donors (Lipinski definition) is 1. The fraction of sp³-hybridized carbons (Fsp3) is 0.364. The molecule has 0 aromatic carbocycles. The van der Waals surface area contributed by atoms with Crippen molar-refractivity contribution in [1.29, 1.82) is 0 Å². The molecule has 16 heavy (non-hydrogen) atoms. The van der Waals surface area contributed by atoms with Crippen LogP contribution in [-0.2, 0) is 13.1 Å². The van der Waals surface area contributed by atoms with Gasteiger partial charge in [-0.2, -0.15) is 5.10 Å². The van der Waals surface area contributed by atoms with Gasteiger partial charge in [0.05, 0.1) is 5.69 Å². The van der Waals surface area contributed by atoms with E-state index in [-0.39, 0.29) is 0 Å². The molecule has 0 aliphatic rings. The van der Waals surface area contributed by atoms with Gasteiger partial charge in [-0.05, 0) is 19.9 Å². The van der Waals surface area contributed by atoms with E-state index in [1.807, 2.05) is 18.5 Å². The van der Waals surface area contributed by atoms with Gasteiger partial charge in [-0.25, -0.2) is 9.97 Å². The second-order valence-electron chi connectivity index (χ2n) is 3.68. The van der Waals surface area contributed by atoms with Crippen LogP contribution in [0.4, 0.5) is 0 Å². The Morgan fingerprint density at radius 3 is 2.50 bits per heavy atom. The van der Waals surface area contributed by atoms with E-state index in [1.54, 1.807) is 18.5 Å². The van der Waals surface area contributed by atoms with Crippen molar-refractivity contribution in [3.63, 3.8) is 0 Å². The van der Waals surface area contributed by atoms with Crippen LogP contribution in [0.25, 0.3) is 0 Å². The number of aromatic nitrogens is 4. The van der Waals surface area contributed by atoms with Crippen molar-refractivity contribution in [3.05, 3.63) is 41.2 Å². The van der Waals surface area contributed by atoms with Gasteiger partial charge in [0.1, 0.15) is 12.4 Å². The summed E-state index contributed by atoms with van der Waals surface area (Å²) in [5.74, 6) is 0.761. The summed E-state index contributed by atoms with van der Waals surface area (Å²) < 4.78 is 1.90. The molecular formula is C11H15N5. The fourth-order valence-electron chi connectivity index (χ4n) is 1.73. The van der Waals surface area contributed by atoms with Crippen LogP contribution in [0.2, 0.25) is 0 Å². The minimum Gasteiger partial charge on any atom is -0.326 e. The first-order chi connectivity index (χ1) is 7.72. The molecule has 0 unspecified atom stereocenters. The SMILES string of the molecule is Cc1nn(Cc2ncccn2)c(C)c1CN. The van der Waals surface area contributed by atoms with E-state index in [4.69, 9.17) is 5.73 Å². The van der Waals surface area contributed by atoms with E-state index in [0.717, 1.165) is 22.8 Å². The van der Waals surface area contributed by atoms with Gasteiger partial charge in [0, 0.05) is 30.2 Å². The monoisotopic (exact) mass is 217 g/mol. The van der Waals surface area contributed by atoms with Gasteiger partial charge >= 0.3 is 0 Å². The number of aryl methyl sites for hydroxylation is 1. The van der Waals surface area contributed by atoms with Gasteiger partial charge in [-0.3, -0.25) is 4.68 Å². The van der Waals surface area contributed by atoms with Crippen molar-refractivity contribution in [2.45, 2.75) is 26.9 Å². The van der Waals surface area contributed by atoms with Crippen LogP contribution < -0.4 is 5.73 Å². The van der Waals surface area contributed by atoms with Crippen molar-refractivity contribution in [3.8, 4) is 0 Å². The molecule has 2 rings (SSSR count). The molecule has 0 atom stereocenters. The maximum absolute atomic E-state index is 5.67. The molecule has 0 spiro atoms. The molecule has 0 fully saturated rings. The van der Waals surface area contributed by atoms with Crippen LogP contribution >= 0.6 is 0 Å². The molecule has 84 valence electrons. The molecular weight excluding hydrogens is 202 g/mol. The van der Waals surface area contributed by atoms with Crippen LogP contribution in [0.3, 0.4) is 0 Å². The Morgan fingerprint density at radius 2 is 1.94 bits per heavy atom. The summed E-state index contributed by atoms with van der Waals surface area (Å²) in [5, 5.41) is 4.43. The molecule has 5 heteroatoms. The number of nitrogens with zero attached hydrogens (tertiary/aromatic N) is 4. The Balaban J connectivity index is 2.29. The third kappa shape index (κ3) is 1.94. The summed E-state index contributed by atoms with van der Waals surface area (Å²) >= 11 is 0. The maximum Gasteiger partial charge on any atom is 0.149 e. The summed E-state index contributed by atoms with van der Waals surface area (Å²) in [5.41, 5.74) is 8.85. The van der Waals surface area contributed by atoms with Crippen LogP contribution in [0.1, 0.15) is 22.8 Å². The average Bonchev–Trinajstić information content (AvgIpc) is 2.55. The van der Waals surface area contributed by atoms with E-state index in [1.165, 1.54) is 0 Å². The molecule has 2 aromatic heterocycles. The molecule has 0 saturated carbocycles. The van der Waals surface area contributed by atoms with Gasteiger partial charge < -0.3 is 5.73 Å². The Hall–Kier alpha value is -1.75. The van der Waals surface area contributed by atoms with E-state index in [2.05, 4.69) is 15.1 Å². The van der Waals surface area contributed by atoms with Gasteiger partial charge in [-0.15, -0.1) is 0 Å². The average molecular weight is 217 g/mol. The zero-order valence-corrected chi connectivity index (χ0v) is 9.51. The number of hydrogen-bond acceptors (Lipinski definition) is 4. The first kappa shape index (κ1) is 10.8. The first-order valence-corrected chi connectivity index (χ1v) is 5.21. The lowest BCUT2D eigenvalue weighted by atomic mass is 10.2. The third-order valence-electron chi connectivity index (χ3n) is 2.65. The lowest BCUT2D eigenvalue weighted by Gasteiger charge is -2.03. The normalized spacial score (nSPS) is 10.7. The molecule has 2 heterocycles. The topological polar surface area (TPSA) is 69.6 Å². The largest absolute Gasteiger partial charge is 0.326 e. The lowest BCUT2D eigenvalue weighted by molar-refractivity contribution is 0.630. The third-order valence-corrected chi connectivity index (χ3v) is 2.65. The van der Waals surface area contributed by atoms with Gasteiger partial charge in [0.15, 0.2) is 0 Å². The lowest BCUT2D eigenvalue weighted by Crippen LogP contribution is -2.08. The Labute approximate surface area is 94.3 Å². The highest BCUT2D eigenvalue weighted by atomic mass is 15.3. The highest BCUT2D eigenvalue weighted by molar-refractivity contribution is 5.24. The molecule has 0 aliphatic heterocycles. The predicted molar refractivity (Wildman–Crippen MR) is 60.7 cm³/mol. The summed E-state index contributed by atoms with van der Waals surface area (Å²) in [4.78, 5) is 8.35. The molecule has 0 amide bonds. The summed E-state index contributed by atoms with van der Waals surface area (Å²) in [6.45, 7) is 5.10. The molecule has 0 aliphatic carbocycles. The van der Waals surface area contributed by atoms with Crippen molar-refractivity contribution in [1.82, 2.24) is 19.7 Å². The molecule has 0 radical (unpaired) electrons. The van der Waals surface area contributed by atoms with Gasteiger partial charge in [0.2, 0.25) is 0 Å². The van der Waals surface area contributed by atoms with Crippen LogP contribution in [0.5, 0.6) is 0 Å². The Morgan fingerprint density at radius 1 is 1.25 bits per heavy atom. The van der Waals surface area contributed by atoms with Crippen LogP contribution in [-0.4, -0.2) is 19.7 Å². The Kier molecular flexibility index (Phi) is 2.96. The molecule has 0 saturated heterocycles. The fourth-order valence-corrected chi connectivity index (χ4v) is 1.73. The quantitative estimate of drug-likeness (QED) is 0.825. The zero-order chi connectivity index (χ0) is 11.5. The van der Waals surface area contributed by atoms with Crippen molar-refractivity contribution < 1.29 is 0 Å². The van der Waals surface area contributed by atoms with E-state index in [9.17, 15) is 0 Å². The highest BCUT2D eigenvalue weighted by Crippen LogP contribution is 2.12. The first-order valence-electron chi connectivity index (χ1n) is 5.21. The number of nitrogens with two attached hydrogens (primary N) is 1. The Bertz CT molecular complexity index is 475. The van der Waals surface area contributed by atoms with Crippen molar-refractivity contribution >= 4 is 0 Å². The minimum atomic E-state index is 0.521. The van der Waals surface area contributed by atoms with Crippen LogP contribution in [0.15, 0.2) is 18.5 Å². The molecule has 2 aromatic rings. The van der Waals surface area contributed by atoms with E-state index in [0.29, 0.717) is 13.1 Å². The second kappa shape index (κ2) is 4.40. The molecule has 2 N–H and O–H groups in total. The zero-order valence-electron chi connectivity index (χ0n) is 9.51. The summed E-state index contributed by atoms with van der Waals surface area (Å²) in [6.07, 6.45) is 3.47. The molecule has 0 bridgehead atoms. The van der Waals surface area contributed by atoms with Crippen molar-refractivity contribution in [2.24, 2.45) is 5.73 Å². The highest BCUT2D eigenvalue weighted by Gasteiger charge is 2.10. The second-order valence-corrected chi connectivity index (χ2v) is 3.68. The van der Waals surface area contributed by atoms with E-state index >= 15 is 0 Å². The van der Waals surface area contributed by atoms with Crippen LogP contribution in [0, 0.1) is 13.8 Å². The standard InChI is InChI=1S/C11H15N5/c1-8-10(6-12)9(2)16(15-8)7-11-13-4-3-5-14-11/h3-5H,6-7,12H2,1-2H3. The predicted octanol–water partition coefficient (Wildman–Crippen LogP) is 0.797. The van der Waals surface area contributed by atoms with Crippen molar-refractivity contribution in [2.75, 3.05) is 0 Å². The smallest absolute Gasteiger partial charge is 0.149 e. The van der Waals surface area contributed by atoms with Gasteiger partial charge in [0.25, 0.3) is 0 Å². The summed E-state index contributed by atoms with van der Waals surface area (Å²) in [6, 6.07) is 1.80. The summed E-state index contributed by atoms with van der Waals surface area (Å²) in [7, 11) is 0.